The first kappa shape index (κ1) is 16.3. The highest BCUT2D eigenvalue weighted by Gasteiger charge is 2.40. The van der Waals surface area contributed by atoms with Gasteiger partial charge in [0.15, 0.2) is 0 Å². The Hall–Kier alpha value is -1.57. The van der Waals surface area contributed by atoms with Gasteiger partial charge in [0.2, 0.25) is 5.91 Å². The Labute approximate surface area is 135 Å². The van der Waals surface area contributed by atoms with Gasteiger partial charge >= 0.3 is 0 Å². The van der Waals surface area contributed by atoms with Crippen molar-refractivity contribution in [2.24, 2.45) is 0 Å². The summed E-state index contributed by atoms with van der Waals surface area (Å²) >= 11 is 0. The molecule has 0 aliphatic carbocycles. The number of nitrogens with one attached hydrogen (secondary N) is 1. The molecule has 1 aromatic heterocycles. The molecule has 0 bridgehead atoms. The molecule has 3 heterocycles. The number of carbonyl (C=O) groups excluding carboxylic acids is 1. The molecule has 0 radical (unpaired) electrons. The lowest BCUT2D eigenvalue weighted by molar-refractivity contribution is -0.155. The molecule has 0 aromatic carbocycles. The van der Waals surface area contributed by atoms with E-state index in [2.05, 4.69) is 22.1 Å². The van der Waals surface area contributed by atoms with Crippen LogP contribution < -0.4 is 5.32 Å². The van der Waals surface area contributed by atoms with Crippen LogP contribution in [0.2, 0.25) is 0 Å². The summed E-state index contributed by atoms with van der Waals surface area (Å²) in [6, 6.07) is 1.45. The second-order valence-electron chi connectivity index (χ2n) is 6.25. The summed E-state index contributed by atoms with van der Waals surface area (Å²) < 4.78 is 19.7. The summed E-state index contributed by atoms with van der Waals surface area (Å²) in [5.74, 6) is -0.384. The van der Waals surface area contributed by atoms with Gasteiger partial charge in [0, 0.05) is 43.9 Å². The van der Waals surface area contributed by atoms with E-state index in [1.807, 2.05) is 6.92 Å². The van der Waals surface area contributed by atoms with Gasteiger partial charge in [0.25, 0.3) is 0 Å². The number of halogens is 1. The van der Waals surface area contributed by atoms with Crippen LogP contribution in [-0.4, -0.2) is 59.3 Å². The zero-order valence-electron chi connectivity index (χ0n) is 13.7. The van der Waals surface area contributed by atoms with Crippen LogP contribution in [0, 0.1) is 5.82 Å². The van der Waals surface area contributed by atoms with E-state index in [-0.39, 0.29) is 42.6 Å². The van der Waals surface area contributed by atoms with Gasteiger partial charge in [-0.25, -0.2) is 4.39 Å². The van der Waals surface area contributed by atoms with E-state index in [1.54, 1.807) is 24.2 Å². The van der Waals surface area contributed by atoms with E-state index in [0.717, 1.165) is 6.54 Å². The lowest BCUT2D eigenvalue weighted by Gasteiger charge is -2.49. The lowest BCUT2D eigenvalue weighted by atomic mass is 10.0. The summed E-state index contributed by atoms with van der Waals surface area (Å²) in [4.78, 5) is 20.1. The van der Waals surface area contributed by atoms with Gasteiger partial charge in [-0.15, -0.1) is 0 Å². The predicted octanol–water partition coefficient (Wildman–Crippen LogP) is 1.11. The van der Waals surface area contributed by atoms with Gasteiger partial charge in [0.05, 0.1) is 18.9 Å². The van der Waals surface area contributed by atoms with Crippen molar-refractivity contribution in [1.82, 2.24) is 20.1 Å². The van der Waals surface area contributed by atoms with Crippen molar-refractivity contribution in [1.29, 1.82) is 0 Å². The number of carbonyl (C=O) groups is 1. The minimum Gasteiger partial charge on any atom is -0.376 e. The maximum Gasteiger partial charge on any atom is 0.226 e. The number of nitrogens with zero attached hydrogens (tertiary/aromatic N) is 3. The van der Waals surface area contributed by atoms with Gasteiger partial charge in [-0.05, 0) is 19.9 Å². The number of hydrogen-bond acceptors (Lipinski definition) is 5. The Kier molecular flexibility index (Phi) is 4.61. The SMILES string of the molecule is C[C@@H]1[C@@H](C)OCCN1C1NC(c2ccncc2F)CC(=O)N1C. The summed E-state index contributed by atoms with van der Waals surface area (Å²) in [5.41, 5.74) is 0.486. The van der Waals surface area contributed by atoms with E-state index in [1.165, 1.54) is 6.20 Å². The van der Waals surface area contributed by atoms with E-state index >= 15 is 0 Å². The first-order valence-electron chi connectivity index (χ1n) is 7.97. The Morgan fingerprint density at radius 2 is 2.22 bits per heavy atom. The molecule has 4 atom stereocenters. The number of morpholine rings is 1. The Morgan fingerprint density at radius 3 is 2.96 bits per heavy atom. The molecule has 0 saturated carbocycles. The molecule has 2 saturated heterocycles. The fourth-order valence-electron chi connectivity index (χ4n) is 3.29. The van der Waals surface area contributed by atoms with Crippen LogP contribution in [-0.2, 0) is 9.53 Å². The number of rotatable bonds is 2. The molecule has 126 valence electrons. The van der Waals surface area contributed by atoms with Crippen LogP contribution in [0.4, 0.5) is 4.39 Å². The minimum atomic E-state index is -0.385. The highest BCUT2D eigenvalue weighted by Crippen LogP contribution is 2.28. The molecule has 2 unspecified atom stereocenters. The highest BCUT2D eigenvalue weighted by molar-refractivity contribution is 5.78. The smallest absolute Gasteiger partial charge is 0.226 e. The maximum atomic E-state index is 14.0. The molecule has 2 aliphatic heterocycles. The van der Waals surface area contributed by atoms with Gasteiger partial charge in [-0.3, -0.25) is 20.0 Å². The summed E-state index contributed by atoms with van der Waals surface area (Å²) in [6.45, 7) is 5.47. The highest BCUT2D eigenvalue weighted by atomic mass is 19.1. The number of hydrogen-bond donors (Lipinski definition) is 1. The first-order chi connectivity index (χ1) is 11.0. The fraction of sp³-hybridized carbons (Fsp3) is 0.625. The fourth-order valence-corrected chi connectivity index (χ4v) is 3.29. The molecular weight excluding hydrogens is 299 g/mol. The molecule has 1 aromatic rings. The van der Waals surface area contributed by atoms with Gasteiger partial charge in [-0.1, -0.05) is 0 Å². The summed E-state index contributed by atoms with van der Waals surface area (Å²) in [6.07, 6.45) is 2.80. The van der Waals surface area contributed by atoms with Gasteiger partial charge in [-0.2, -0.15) is 0 Å². The van der Waals surface area contributed by atoms with Crippen LogP contribution in [0.3, 0.4) is 0 Å². The Morgan fingerprint density at radius 1 is 1.43 bits per heavy atom. The van der Waals surface area contributed by atoms with Crippen molar-refractivity contribution in [3.05, 3.63) is 29.8 Å². The third-order valence-corrected chi connectivity index (χ3v) is 4.92. The first-order valence-corrected chi connectivity index (χ1v) is 7.97. The van der Waals surface area contributed by atoms with Crippen LogP contribution in [0.15, 0.2) is 18.5 Å². The number of pyridine rings is 1. The van der Waals surface area contributed by atoms with E-state index in [4.69, 9.17) is 4.74 Å². The molecule has 6 nitrogen and oxygen atoms in total. The van der Waals surface area contributed by atoms with Crippen LogP contribution in [0.5, 0.6) is 0 Å². The van der Waals surface area contributed by atoms with Crippen molar-refractivity contribution in [2.75, 3.05) is 20.2 Å². The van der Waals surface area contributed by atoms with Gasteiger partial charge in [0.1, 0.15) is 12.1 Å². The predicted molar refractivity (Wildman–Crippen MR) is 82.8 cm³/mol. The zero-order valence-corrected chi connectivity index (χ0v) is 13.7. The lowest BCUT2D eigenvalue weighted by Crippen LogP contribution is -2.66. The van der Waals surface area contributed by atoms with Crippen LogP contribution >= 0.6 is 0 Å². The standard InChI is InChI=1S/C16H23FN4O2/c1-10-11(2)23-7-6-21(10)16-19-14(8-15(22)20(16)3)12-4-5-18-9-13(12)17/h4-5,9-11,14,16,19H,6-8H2,1-3H3/t10-,11-,14?,16?/m1/s1. The van der Waals surface area contributed by atoms with Crippen molar-refractivity contribution >= 4 is 5.91 Å². The third kappa shape index (κ3) is 3.08. The van der Waals surface area contributed by atoms with E-state index in [9.17, 15) is 9.18 Å². The monoisotopic (exact) mass is 322 g/mol. The number of aromatic nitrogens is 1. The molecule has 0 spiro atoms. The van der Waals surface area contributed by atoms with E-state index < -0.39 is 0 Å². The molecule has 1 N–H and O–H groups in total. The molecule has 7 heteroatoms. The number of ether oxygens (including phenoxy) is 1. The van der Waals surface area contributed by atoms with Crippen molar-refractivity contribution < 1.29 is 13.9 Å². The molecule has 2 aliphatic rings. The molecule has 2 fully saturated rings. The van der Waals surface area contributed by atoms with Crippen molar-refractivity contribution in [3.8, 4) is 0 Å². The van der Waals surface area contributed by atoms with Crippen LogP contribution in [0.1, 0.15) is 31.9 Å². The minimum absolute atomic E-state index is 0.00121. The molecule has 3 rings (SSSR count). The zero-order chi connectivity index (χ0) is 16.6. The second-order valence-corrected chi connectivity index (χ2v) is 6.25. The average molecular weight is 322 g/mol. The topological polar surface area (TPSA) is 57.7 Å². The molecular formula is C16H23FN4O2. The Bertz CT molecular complexity index is 585. The van der Waals surface area contributed by atoms with Crippen LogP contribution in [0.25, 0.3) is 0 Å². The average Bonchev–Trinajstić information content (AvgIpc) is 2.53. The largest absolute Gasteiger partial charge is 0.376 e. The summed E-state index contributed by atoms with van der Waals surface area (Å²) in [7, 11) is 1.78. The molecule has 23 heavy (non-hydrogen) atoms. The maximum absolute atomic E-state index is 14.0. The second kappa shape index (κ2) is 6.51. The normalized spacial score (nSPS) is 33.0. The van der Waals surface area contributed by atoms with E-state index in [0.29, 0.717) is 12.2 Å². The van der Waals surface area contributed by atoms with Gasteiger partial charge < -0.3 is 9.64 Å². The third-order valence-electron chi connectivity index (χ3n) is 4.92. The molecule has 1 amide bonds. The quantitative estimate of drug-likeness (QED) is 0.884. The van der Waals surface area contributed by atoms with Crippen molar-refractivity contribution in [3.63, 3.8) is 0 Å². The van der Waals surface area contributed by atoms with Crippen molar-refractivity contribution in [2.45, 2.75) is 44.7 Å². The Balaban J connectivity index is 1.85. The number of amides is 1. The summed E-state index contributed by atoms with van der Waals surface area (Å²) in [5, 5.41) is 3.42.